The van der Waals surface area contributed by atoms with Crippen LogP contribution in [0.15, 0.2) is 0 Å². The minimum atomic E-state index is -0.249. The summed E-state index contributed by atoms with van der Waals surface area (Å²) in [6, 6.07) is 0. The normalized spacial score (nSPS) is 14.7. The number of hydrogen-bond acceptors (Lipinski definition) is 4. The Balaban J connectivity index is 1.93. The van der Waals surface area contributed by atoms with Crippen LogP contribution >= 0.6 is 0 Å². The molecule has 0 radical (unpaired) electrons. The molecule has 18 heavy (non-hydrogen) atoms. The molecular formula is C12H22N2O4. The number of methoxy groups -OCH3 is 1. The Morgan fingerprint density at radius 1 is 1.44 bits per heavy atom. The smallest absolute Gasteiger partial charge is 0.409 e. The van der Waals surface area contributed by atoms with E-state index in [9.17, 15) is 9.59 Å². The molecule has 0 saturated carbocycles. The minimum Gasteiger partial charge on any atom is -0.448 e. The van der Waals surface area contributed by atoms with Gasteiger partial charge in [0.25, 0.3) is 0 Å². The van der Waals surface area contributed by atoms with Gasteiger partial charge in [-0.3, -0.25) is 4.79 Å². The van der Waals surface area contributed by atoms with Crippen LogP contribution in [0.25, 0.3) is 0 Å². The zero-order valence-corrected chi connectivity index (χ0v) is 10.9. The van der Waals surface area contributed by atoms with E-state index in [4.69, 9.17) is 9.47 Å². The second-order valence-corrected chi connectivity index (χ2v) is 4.25. The van der Waals surface area contributed by atoms with Gasteiger partial charge in [0.2, 0.25) is 5.91 Å². The van der Waals surface area contributed by atoms with Crippen LogP contribution in [0.2, 0.25) is 0 Å². The van der Waals surface area contributed by atoms with Crippen molar-refractivity contribution in [2.24, 2.45) is 0 Å². The molecule has 0 aliphatic carbocycles. The van der Waals surface area contributed by atoms with Crippen molar-refractivity contribution in [2.45, 2.75) is 25.7 Å². The Bertz CT molecular complexity index is 271. The van der Waals surface area contributed by atoms with Crippen LogP contribution in [0.5, 0.6) is 0 Å². The summed E-state index contributed by atoms with van der Waals surface area (Å²) < 4.78 is 9.72. The van der Waals surface area contributed by atoms with Crippen molar-refractivity contribution in [2.75, 3.05) is 40.0 Å². The largest absolute Gasteiger partial charge is 0.448 e. The van der Waals surface area contributed by atoms with E-state index in [0.29, 0.717) is 39.3 Å². The first-order valence-corrected chi connectivity index (χ1v) is 6.41. The Kier molecular flexibility index (Phi) is 7.17. The zero-order valence-electron chi connectivity index (χ0n) is 10.9. The fraction of sp³-hybridized carbons (Fsp3) is 0.833. The van der Waals surface area contributed by atoms with Crippen molar-refractivity contribution in [3.63, 3.8) is 0 Å². The lowest BCUT2D eigenvalue weighted by atomic mass is 10.2. The summed E-state index contributed by atoms with van der Waals surface area (Å²) in [6.07, 6.45) is 2.80. The third-order valence-corrected chi connectivity index (χ3v) is 2.77. The van der Waals surface area contributed by atoms with E-state index in [2.05, 4.69) is 5.32 Å². The minimum absolute atomic E-state index is 0.0649. The van der Waals surface area contributed by atoms with E-state index in [1.807, 2.05) is 0 Å². The quantitative estimate of drug-likeness (QED) is 0.620. The number of nitrogens with zero attached hydrogens (tertiary/aromatic N) is 1. The van der Waals surface area contributed by atoms with E-state index in [1.54, 1.807) is 12.0 Å². The molecular weight excluding hydrogens is 236 g/mol. The topological polar surface area (TPSA) is 67.9 Å². The molecule has 6 nitrogen and oxygen atoms in total. The predicted molar refractivity (Wildman–Crippen MR) is 66.3 cm³/mol. The summed E-state index contributed by atoms with van der Waals surface area (Å²) in [4.78, 5) is 24.2. The molecule has 0 bridgehead atoms. The van der Waals surface area contributed by atoms with E-state index >= 15 is 0 Å². The average Bonchev–Trinajstić information content (AvgIpc) is 2.76. The molecule has 6 heteroatoms. The first kappa shape index (κ1) is 14.8. The van der Waals surface area contributed by atoms with Crippen molar-refractivity contribution < 1.29 is 19.1 Å². The molecule has 0 unspecified atom stereocenters. The number of carbonyl (C=O) groups excluding carboxylic acids is 2. The Morgan fingerprint density at radius 3 is 2.94 bits per heavy atom. The number of amides is 2. The second kappa shape index (κ2) is 8.74. The summed E-state index contributed by atoms with van der Waals surface area (Å²) in [5, 5.41) is 2.84. The van der Waals surface area contributed by atoms with Gasteiger partial charge in [0.1, 0.15) is 6.61 Å². The molecule has 2 amide bonds. The van der Waals surface area contributed by atoms with Gasteiger partial charge in [0.15, 0.2) is 0 Å². The van der Waals surface area contributed by atoms with Gasteiger partial charge < -0.3 is 19.7 Å². The van der Waals surface area contributed by atoms with Crippen LogP contribution in [0.1, 0.15) is 25.7 Å². The number of carbonyl (C=O) groups is 2. The first-order valence-electron chi connectivity index (χ1n) is 6.41. The standard InChI is InChI=1S/C12H22N2O4/c1-17-9-3-2-5-11(15)13-6-4-7-14-8-10-18-12(14)16/h2-10H2,1H3,(H,13,15). The first-order chi connectivity index (χ1) is 8.74. The Labute approximate surface area is 108 Å². The lowest BCUT2D eigenvalue weighted by molar-refractivity contribution is -0.121. The molecule has 0 aromatic rings. The maximum absolute atomic E-state index is 11.4. The molecule has 1 rings (SSSR count). The van der Waals surface area contributed by atoms with Crippen LogP contribution < -0.4 is 5.32 Å². The number of cyclic esters (lactones) is 1. The third-order valence-electron chi connectivity index (χ3n) is 2.77. The molecule has 1 N–H and O–H groups in total. The summed E-state index contributed by atoms with van der Waals surface area (Å²) in [5.41, 5.74) is 0. The number of hydrogen-bond donors (Lipinski definition) is 1. The van der Waals surface area contributed by atoms with Crippen molar-refractivity contribution in [1.29, 1.82) is 0 Å². The van der Waals surface area contributed by atoms with Crippen LogP contribution in [-0.2, 0) is 14.3 Å². The van der Waals surface area contributed by atoms with Gasteiger partial charge in [-0.15, -0.1) is 0 Å². The van der Waals surface area contributed by atoms with E-state index in [1.165, 1.54) is 0 Å². The monoisotopic (exact) mass is 258 g/mol. The van der Waals surface area contributed by atoms with Crippen LogP contribution in [-0.4, -0.2) is 56.9 Å². The highest BCUT2D eigenvalue weighted by atomic mass is 16.6. The summed E-state index contributed by atoms with van der Waals surface area (Å²) in [6.45, 7) is 3.08. The Morgan fingerprint density at radius 2 is 2.28 bits per heavy atom. The second-order valence-electron chi connectivity index (χ2n) is 4.25. The highest BCUT2D eigenvalue weighted by Crippen LogP contribution is 2.03. The fourth-order valence-electron chi connectivity index (χ4n) is 1.75. The number of nitrogens with one attached hydrogen (secondary N) is 1. The van der Waals surface area contributed by atoms with Crippen molar-refractivity contribution >= 4 is 12.0 Å². The predicted octanol–water partition coefficient (Wildman–Crippen LogP) is 0.762. The SMILES string of the molecule is COCCCCC(=O)NCCCN1CCOC1=O. The average molecular weight is 258 g/mol. The fourth-order valence-corrected chi connectivity index (χ4v) is 1.75. The Hall–Kier alpha value is -1.30. The van der Waals surface area contributed by atoms with Gasteiger partial charge >= 0.3 is 6.09 Å². The zero-order chi connectivity index (χ0) is 13.2. The summed E-state index contributed by atoms with van der Waals surface area (Å²) >= 11 is 0. The van der Waals surface area contributed by atoms with E-state index in [0.717, 1.165) is 19.3 Å². The highest BCUT2D eigenvalue weighted by Gasteiger charge is 2.20. The molecule has 0 aromatic carbocycles. The van der Waals surface area contributed by atoms with Crippen molar-refractivity contribution in [1.82, 2.24) is 10.2 Å². The van der Waals surface area contributed by atoms with E-state index < -0.39 is 0 Å². The summed E-state index contributed by atoms with van der Waals surface area (Å²) in [7, 11) is 1.66. The van der Waals surface area contributed by atoms with Crippen molar-refractivity contribution in [3.05, 3.63) is 0 Å². The number of ether oxygens (including phenoxy) is 2. The van der Waals surface area contributed by atoms with E-state index in [-0.39, 0.29) is 12.0 Å². The molecule has 0 spiro atoms. The van der Waals surface area contributed by atoms with Crippen LogP contribution in [0, 0.1) is 0 Å². The molecule has 0 aromatic heterocycles. The number of unbranched alkanes of at least 4 members (excludes halogenated alkanes) is 1. The van der Waals surface area contributed by atoms with Gasteiger partial charge in [0.05, 0.1) is 6.54 Å². The molecule has 104 valence electrons. The van der Waals surface area contributed by atoms with Crippen molar-refractivity contribution in [3.8, 4) is 0 Å². The maximum Gasteiger partial charge on any atom is 0.409 e. The molecule has 1 saturated heterocycles. The lowest BCUT2D eigenvalue weighted by Gasteiger charge is -2.12. The molecule has 0 atom stereocenters. The van der Waals surface area contributed by atoms with Gasteiger partial charge in [-0.2, -0.15) is 0 Å². The summed E-state index contributed by atoms with van der Waals surface area (Å²) in [5.74, 6) is 0.0649. The molecule has 1 fully saturated rings. The molecule has 1 heterocycles. The van der Waals surface area contributed by atoms with Gasteiger partial charge in [-0.1, -0.05) is 0 Å². The molecule has 1 aliphatic heterocycles. The number of rotatable bonds is 9. The van der Waals surface area contributed by atoms with Crippen LogP contribution in [0.4, 0.5) is 4.79 Å². The highest BCUT2D eigenvalue weighted by molar-refractivity contribution is 5.75. The van der Waals surface area contributed by atoms with Crippen LogP contribution in [0.3, 0.4) is 0 Å². The maximum atomic E-state index is 11.4. The van der Waals surface area contributed by atoms with Gasteiger partial charge in [-0.05, 0) is 19.3 Å². The van der Waals surface area contributed by atoms with Gasteiger partial charge in [0, 0.05) is 33.2 Å². The lowest BCUT2D eigenvalue weighted by Crippen LogP contribution is -2.30. The third kappa shape index (κ3) is 5.86. The molecule has 1 aliphatic rings. The van der Waals surface area contributed by atoms with Gasteiger partial charge in [-0.25, -0.2) is 4.79 Å².